The van der Waals surface area contributed by atoms with Crippen LogP contribution in [-0.4, -0.2) is 29.5 Å². The van der Waals surface area contributed by atoms with E-state index in [4.69, 9.17) is 11.6 Å². The molecule has 0 N–H and O–H groups in total. The molecule has 0 saturated heterocycles. The number of alkyl halides is 4. The molecule has 0 aromatic carbocycles. The number of halogens is 4. The van der Waals surface area contributed by atoms with Crippen LogP contribution in [0.15, 0.2) is 11.8 Å². The lowest BCUT2D eigenvalue weighted by molar-refractivity contribution is -0.104. The van der Waals surface area contributed by atoms with E-state index in [0.717, 1.165) is 0 Å². The zero-order chi connectivity index (χ0) is 13.6. The largest absolute Gasteiger partial charge is 0.414 e. The molecule has 5 heteroatoms. The second-order valence-corrected chi connectivity index (χ2v) is 6.30. The second kappa shape index (κ2) is 4.38. The fourth-order valence-electron chi connectivity index (χ4n) is 2.51. The molecule has 17 heavy (non-hydrogen) atoms. The van der Waals surface area contributed by atoms with Gasteiger partial charge in [-0.2, -0.15) is 13.2 Å². The highest BCUT2D eigenvalue weighted by atomic mass is 35.5. The van der Waals surface area contributed by atoms with E-state index in [-0.39, 0.29) is 11.5 Å². The number of hydrogen-bond acceptors (Lipinski definition) is 1. The van der Waals surface area contributed by atoms with Gasteiger partial charge in [0.1, 0.15) is 0 Å². The molecular formula is C12H19ClF3N. The molecule has 100 valence electrons. The Hall–Kier alpha value is -0.380. The molecule has 1 nitrogen and oxygen atoms in total. The van der Waals surface area contributed by atoms with Gasteiger partial charge in [-0.05, 0) is 5.41 Å². The van der Waals surface area contributed by atoms with E-state index in [1.807, 2.05) is 20.8 Å². The van der Waals surface area contributed by atoms with Crippen LogP contribution in [0.25, 0.3) is 0 Å². The maximum atomic E-state index is 12.8. The fraction of sp³-hybridized carbons (Fsp3) is 0.833. The van der Waals surface area contributed by atoms with Crippen LogP contribution >= 0.6 is 11.6 Å². The Morgan fingerprint density at radius 2 is 1.71 bits per heavy atom. The highest BCUT2D eigenvalue weighted by molar-refractivity contribution is 6.21. The third kappa shape index (κ3) is 2.90. The van der Waals surface area contributed by atoms with Crippen molar-refractivity contribution in [3.05, 3.63) is 11.8 Å². The molecule has 0 aromatic heterocycles. The lowest BCUT2D eigenvalue weighted by Gasteiger charge is -2.46. The van der Waals surface area contributed by atoms with Gasteiger partial charge in [0.25, 0.3) is 0 Å². The van der Waals surface area contributed by atoms with Gasteiger partial charge in [0.2, 0.25) is 0 Å². The first kappa shape index (κ1) is 14.7. The van der Waals surface area contributed by atoms with Gasteiger partial charge in [-0.15, -0.1) is 11.6 Å². The summed E-state index contributed by atoms with van der Waals surface area (Å²) in [5, 5.41) is -0.540. The zero-order valence-electron chi connectivity index (χ0n) is 10.8. The van der Waals surface area contributed by atoms with Crippen molar-refractivity contribution in [3.63, 3.8) is 0 Å². The standard InChI is InChI=1S/C12H19ClF3N/c1-7-8(12(14,15)16)6-17(5)10(9(7)13)11(2,3)4/h6-7,9-10H,1-5H3. The Balaban J connectivity index is 3.14. The van der Waals surface area contributed by atoms with Gasteiger partial charge >= 0.3 is 6.18 Å². The first-order valence-electron chi connectivity index (χ1n) is 5.61. The van der Waals surface area contributed by atoms with Crippen LogP contribution in [0.4, 0.5) is 13.2 Å². The quantitative estimate of drug-likeness (QED) is 0.600. The average Bonchev–Trinajstić information content (AvgIpc) is 2.07. The molecule has 0 aliphatic carbocycles. The first-order valence-corrected chi connectivity index (χ1v) is 6.05. The Morgan fingerprint density at radius 1 is 1.24 bits per heavy atom. The van der Waals surface area contributed by atoms with Gasteiger partial charge in [-0.25, -0.2) is 0 Å². The van der Waals surface area contributed by atoms with Crippen molar-refractivity contribution in [2.75, 3.05) is 7.05 Å². The molecule has 0 aromatic rings. The Morgan fingerprint density at radius 3 is 2.06 bits per heavy atom. The maximum Gasteiger partial charge on any atom is 0.414 e. The van der Waals surface area contributed by atoms with Crippen LogP contribution in [0.5, 0.6) is 0 Å². The number of rotatable bonds is 0. The van der Waals surface area contributed by atoms with E-state index >= 15 is 0 Å². The van der Waals surface area contributed by atoms with Crippen LogP contribution in [0, 0.1) is 11.3 Å². The molecule has 0 fully saturated rings. The van der Waals surface area contributed by atoms with Gasteiger partial charge in [-0.1, -0.05) is 27.7 Å². The second-order valence-electron chi connectivity index (χ2n) is 5.79. The molecule has 0 amide bonds. The summed E-state index contributed by atoms with van der Waals surface area (Å²) in [5.74, 6) is -0.683. The highest BCUT2D eigenvalue weighted by Gasteiger charge is 2.47. The fourth-order valence-corrected chi connectivity index (χ4v) is 3.20. The molecule has 0 saturated carbocycles. The summed E-state index contributed by atoms with van der Waals surface area (Å²) in [5.41, 5.74) is -0.705. The third-order valence-electron chi connectivity index (χ3n) is 3.27. The minimum atomic E-state index is -4.30. The molecule has 1 heterocycles. The highest BCUT2D eigenvalue weighted by Crippen LogP contribution is 2.43. The normalized spacial score (nSPS) is 31.5. The molecule has 1 rings (SSSR count). The SMILES string of the molecule is CC1C(C(F)(F)F)=CN(C)C(C(C)(C)C)C1Cl. The number of nitrogens with zero attached hydrogens (tertiary/aromatic N) is 1. The van der Waals surface area contributed by atoms with E-state index in [1.54, 1.807) is 18.9 Å². The van der Waals surface area contributed by atoms with Gasteiger partial charge in [0, 0.05) is 25.2 Å². The summed E-state index contributed by atoms with van der Waals surface area (Å²) in [6.45, 7) is 7.51. The first-order chi connectivity index (χ1) is 7.46. The molecule has 3 atom stereocenters. The monoisotopic (exact) mass is 269 g/mol. The summed E-state index contributed by atoms with van der Waals surface area (Å²) in [6, 6.07) is -0.106. The minimum Gasteiger partial charge on any atom is -0.375 e. The van der Waals surface area contributed by atoms with Crippen LogP contribution in [0.3, 0.4) is 0 Å². The van der Waals surface area contributed by atoms with Crippen LogP contribution < -0.4 is 0 Å². The molecular weight excluding hydrogens is 251 g/mol. The Labute approximate surface area is 106 Å². The molecule has 1 aliphatic heterocycles. The van der Waals surface area contributed by atoms with Crippen molar-refractivity contribution in [1.82, 2.24) is 4.90 Å². The van der Waals surface area contributed by atoms with E-state index in [0.29, 0.717) is 0 Å². The van der Waals surface area contributed by atoms with E-state index < -0.39 is 23.0 Å². The summed E-state index contributed by atoms with van der Waals surface area (Å²) >= 11 is 6.23. The smallest absolute Gasteiger partial charge is 0.375 e. The van der Waals surface area contributed by atoms with Crippen LogP contribution in [-0.2, 0) is 0 Å². The van der Waals surface area contributed by atoms with Gasteiger partial charge in [0.15, 0.2) is 0 Å². The van der Waals surface area contributed by atoms with Crippen LogP contribution in [0.1, 0.15) is 27.7 Å². The minimum absolute atomic E-state index is 0.106. The van der Waals surface area contributed by atoms with Crippen molar-refractivity contribution in [1.29, 1.82) is 0 Å². The molecule has 0 spiro atoms. The summed E-state index contributed by atoms with van der Waals surface area (Å²) in [4.78, 5) is 1.60. The van der Waals surface area contributed by atoms with Crippen molar-refractivity contribution in [2.45, 2.75) is 45.3 Å². The van der Waals surface area contributed by atoms with E-state index in [9.17, 15) is 13.2 Å². The molecule has 1 aliphatic rings. The van der Waals surface area contributed by atoms with Crippen molar-refractivity contribution in [3.8, 4) is 0 Å². The Bertz CT molecular complexity index is 317. The number of allylic oxidation sites excluding steroid dienone is 1. The van der Waals surface area contributed by atoms with Crippen molar-refractivity contribution < 1.29 is 13.2 Å². The average molecular weight is 270 g/mol. The molecule has 0 radical (unpaired) electrons. The topological polar surface area (TPSA) is 3.24 Å². The van der Waals surface area contributed by atoms with Crippen molar-refractivity contribution >= 4 is 11.6 Å². The lowest BCUT2D eigenvalue weighted by atomic mass is 9.76. The van der Waals surface area contributed by atoms with Gasteiger partial charge < -0.3 is 4.90 Å². The zero-order valence-corrected chi connectivity index (χ0v) is 11.5. The maximum absolute atomic E-state index is 12.8. The third-order valence-corrected chi connectivity index (χ3v) is 3.88. The van der Waals surface area contributed by atoms with Gasteiger partial charge in [0.05, 0.1) is 11.0 Å². The van der Waals surface area contributed by atoms with E-state index in [1.165, 1.54) is 6.20 Å². The molecule has 3 unspecified atom stereocenters. The predicted octanol–water partition coefficient (Wildman–Crippen LogP) is 4.04. The summed E-state index contributed by atoms with van der Waals surface area (Å²) in [7, 11) is 1.66. The van der Waals surface area contributed by atoms with E-state index in [2.05, 4.69) is 0 Å². The van der Waals surface area contributed by atoms with Crippen molar-refractivity contribution in [2.24, 2.45) is 11.3 Å². The number of hydrogen-bond donors (Lipinski definition) is 0. The van der Waals surface area contributed by atoms with Crippen LogP contribution in [0.2, 0.25) is 0 Å². The Kier molecular flexibility index (Phi) is 3.78. The summed E-state index contributed by atoms with van der Waals surface area (Å²) < 4.78 is 38.4. The predicted molar refractivity (Wildman–Crippen MR) is 63.9 cm³/mol. The lowest BCUT2D eigenvalue weighted by Crippen LogP contribution is -2.52. The molecule has 0 bridgehead atoms. The summed E-state index contributed by atoms with van der Waals surface area (Å²) in [6.07, 6.45) is -3.11. The van der Waals surface area contributed by atoms with Gasteiger partial charge in [-0.3, -0.25) is 0 Å².